The van der Waals surface area contributed by atoms with E-state index in [9.17, 15) is 10.2 Å². The van der Waals surface area contributed by atoms with Crippen molar-refractivity contribution in [1.82, 2.24) is 0 Å². The summed E-state index contributed by atoms with van der Waals surface area (Å²) in [7, 11) is 1.74. The average molecular weight is 655 g/mol. The van der Waals surface area contributed by atoms with Gasteiger partial charge in [0.2, 0.25) is 0 Å². The van der Waals surface area contributed by atoms with E-state index in [1.807, 2.05) is 56.3 Å². The Balaban J connectivity index is 1.72. The molecule has 0 atom stereocenters. The van der Waals surface area contributed by atoms with Gasteiger partial charge in [-0.3, -0.25) is 0 Å². The molecule has 0 amide bonds. The van der Waals surface area contributed by atoms with Gasteiger partial charge in [0.25, 0.3) is 0 Å². The molecule has 0 aromatic heterocycles. The second-order valence-electron chi connectivity index (χ2n) is 12.8. The van der Waals surface area contributed by atoms with Crippen LogP contribution in [0.3, 0.4) is 0 Å². The summed E-state index contributed by atoms with van der Waals surface area (Å²) in [6, 6.07) is 47.2. The van der Waals surface area contributed by atoms with Crippen LogP contribution in [0.15, 0.2) is 140 Å². The first-order valence-electron chi connectivity index (χ1n) is 16.3. The van der Waals surface area contributed by atoms with Crippen LogP contribution in [0.5, 0.6) is 17.2 Å². The molecule has 6 aromatic carbocycles. The molecule has 0 radical (unpaired) electrons. The van der Waals surface area contributed by atoms with E-state index >= 15 is 0 Å². The van der Waals surface area contributed by atoms with Crippen molar-refractivity contribution in [3.8, 4) is 17.2 Å². The van der Waals surface area contributed by atoms with E-state index in [0.29, 0.717) is 19.2 Å². The summed E-state index contributed by atoms with van der Waals surface area (Å²) >= 11 is 0. The standard InChI is InChI=1S/C43H43O4P/c1-31-20-22-41(44)34(24-31)28-36-26-33(3)27-37(29-35-25-32(2)21-23-42(35)45)43(36)47-48(30-46-4,38-14-8-5-9-15-38,39-16-10-6-11-17-39)40-18-12-7-13-19-40/h5-27,44-45H,28-30H2,1-4H3. The van der Waals surface area contributed by atoms with Crippen molar-refractivity contribution in [3.63, 3.8) is 0 Å². The summed E-state index contributed by atoms with van der Waals surface area (Å²) in [4.78, 5) is 0. The van der Waals surface area contributed by atoms with Gasteiger partial charge in [0, 0.05) is 0 Å². The van der Waals surface area contributed by atoms with E-state index in [2.05, 4.69) is 91.9 Å². The molecule has 6 rings (SSSR count). The van der Waals surface area contributed by atoms with Crippen LogP contribution >= 0.6 is 6.83 Å². The monoisotopic (exact) mass is 654 g/mol. The maximum atomic E-state index is 11.0. The van der Waals surface area contributed by atoms with Gasteiger partial charge in [-0.15, -0.1) is 0 Å². The van der Waals surface area contributed by atoms with Crippen LogP contribution in [-0.2, 0) is 17.6 Å². The molecule has 0 spiro atoms. The molecule has 48 heavy (non-hydrogen) atoms. The van der Waals surface area contributed by atoms with Gasteiger partial charge in [0.05, 0.1) is 0 Å². The fourth-order valence-electron chi connectivity index (χ4n) is 6.96. The van der Waals surface area contributed by atoms with Gasteiger partial charge in [-0.2, -0.15) is 0 Å². The topological polar surface area (TPSA) is 58.9 Å². The van der Waals surface area contributed by atoms with Crippen LogP contribution in [-0.4, -0.2) is 23.7 Å². The Hall–Kier alpha value is -4.89. The third kappa shape index (κ3) is 6.10. The minimum absolute atomic E-state index is 0.245. The predicted octanol–water partition coefficient (Wildman–Crippen LogP) is 8.63. The molecule has 6 aromatic rings. The van der Waals surface area contributed by atoms with Crippen LogP contribution in [0.4, 0.5) is 0 Å². The molecule has 0 fully saturated rings. The van der Waals surface area contributed by atoms with Crippen LogP contribution < -0.4 is 20.4 Å². The van der Waals surface area contributed by atoms with Crippen molar-refractivity contribution in [3.05, 3.63) is 178 Å². The summed E-state index contributed by atoms with van der Waals surface area (Å²) in [5.74, 6) is 1.22. The molecule has 0 bridgehead atoms. The van der Waals surface area contributed by atoms with Crippen LogP contribution in [0.2, 0.25) is 0 Å². The van der Waals surface area contributed by atoms with E-state index in [4.69, 9.17) is 9.26 Å². The molecule has 5 heteroatoms. The zero-order chi connectivity index (χ0) is 33.8. The van der Waals surface area contributed by atoms with Crippen molar-refractivity contribution in [2.45, 2.75) is 33.6 Å². The molecule has 0 aliphatic rings. The number of phenols is 2. The number of hydrogen-bond acceptors (Lipinski definition) is 4. The predicted molar refractivity (Wildman–Crippen MR) is 200 cm³/mol. The molecular formula is C43H43O4P. The van der Waals surface area contributed by atoms with Crippen LogP contribution in [0, 0.1) is 20.8 Å². The summed E-state index contributed by atoms with van der Waals surface area (Å²) in [6.45, 7) is 2.19. The number of benzene rings is 6. The first-order valence-corrected chi connectivity index (χ1v) is 18.6. The molecule has 0 saturated heterocycles. The maximum absolute atomic E-state index is 11.0. The fourth-order valence-corrected chi connectivity index (χ4v) is 12.2. The van der Waals surface area contributed by atoms with E-state index in [1.54, 1.807) is 19.2 Å². The van der Waals surface area contributed by atoms with Crippen molar-refractivity contribution in [2.24, 2.45) is 0 Å². The van der Waals surface area contributed by atoms with Crippen LogP contribution in [0.25, 0.3) is 0 Å². The number of methoxy groups -OCH3 is 1. The summed E-state index contributed by atoms with van der Waals surface area (Å²) in [5, 5.41) is 25.2. The second kappa shape index (κ2) is 13.7. The number of phenolic OH excluding ortho intramolecular Hbond substituents is 2. The zero-order valence-electron chi connectivity index (χ0n) is 28.1. The number of aryl methyl sites for hydroxylation is 3. The van der Waals surface area contributed by atoms with Gasteiger partial charge in [-0.25, -0.2) is 0 Å². The number of ether oxygens (including phenoxy) is 1. The molecule has 0 saturated carbocycles. The summed E-state index contributed by atoms with van der Waals surface area (Å²) in [5.41, 5.74) is 6.75. The Morgan fingerprint density at radius 3 is 1.23 bits per heavy atom. The molecule has 0 unspecified atom stereocenters. The third-order valence-corrected chi connectivity index (χ3v) is 14.7. The SMILES string of the molecule is COCP(Oc1c(Cc2cc(C)ccc2O)cc(C)cc1Cc1cc(C)ccc1O)(c1ccccc1)(c1ccccc1)c1ccccc1. The quantitative estimate of drug-likeness (QED) is 0.137. The first kappa shape index (κ1) is 33.0. The Morgan fingerprint density at radius 2 is 0.854 bits per heavy atom. The van der Waals surface area contributed by atoms with Gasteiger partial charge in [0.15, 0.2) is 0 Å². The molecule has 4 nitrogen and oxygen atoms in total. The zero-order valence-corrected chi connectivity index (χ0v) is 29.0. The Kier molecular flexibility index (Phi) is 9.42. The van der Waals surface area contributed by atoms with Crippen molar-refractivity contribution in [2.75, 3.05) is 13.5 Å². The minimum atomic E-state index is -3.96. The Labute approximate surface area is 284 Å². The molecule has 0 aliphatic heterocycles. The fraction of sp³-hybridized carbons (Fsp3) is 0.163. The number of aromatic hydroxyl groups is 2. The molecule has 0 heterocycles. The van der Waals surface area contributed by atoms with Gasteiger partial charge >= 0.3 is 285 Å². The third-order valence-electron chi connectivity index (χ3n) is 9.19. The summed E-state index contributed by atoms with van der Waals surface area (Å²) < 4.78 is 14.3. The number of hydrogen-bond donors (Lipinski definition) is 2. The van der Waals surface area contributed by atoms with Gasteiger partial charge in [-0.1, -0.05) is 0 Å². The second-order valence-corrected chi connectivity index (χ2v) is 17.2. The molecular weight excluding hydrogens is 611 g/mol. The van der Waals surface area contributed by atoms with Crippen molar-refractivity contribution >= 4 is 22.7 Å². The first-order chi connectivity index (χ1) is 23.2. The molecule has 2 N–H and O–H groups in total. The van der Waals surface area contributed by atoms with E-state index in [1.165, 1.54) is 0 Å². The normalized spacial score (nSPS) is 12.3. The number of rotatable bonds is 11. The summed E-state index contributed by atoms with van der Waals surface area (Å²) in [6.07, 6.45) is 1.20. The van der Waals surface area contributed by atoms with Crippen molar-refractivity contribution in [1.29, 1.82) is 0 Å². The Bertz CT molecular complexity index is 1850. The average Bonchev–Trinajstić information content (AvgIpc) is 3.10. The van der Waals surface area contributed by atoms with Gasteiger partial charge in [0.1, 0.15) is 0 Å². The van der Waals surface area contributed by atoms with Crippen LogP contribution in [0.1, 0.15) is 38.9 Å². The van der Waals surface area contributed by atoms with E-state index < -0.39 is 6.83 Å². The van der Waals surface area contributed by atoms with E-state index in [-0.39, 0.29) is 11.5 Å². The molecule has 0 aliphatic carbocycles. The molecule has 244 valence electrons. The van der Waals surface area contributed by atoms with Crippen molar-refractivity contribution < 1.29 is 19.5 Å². The van der Waals surface area contributed by atoms with Gasteiger partial charge in [-0.05, 0) is 0 Å². The van der Waals surface area contributed by atoms with E-state index in [0.717, 1.165) is 60.6 Å². The Morgan fingerprint density at radius 1 is 0.479 bits per heavy atom. The van der Waals surface area contributed by atoms with Gasteiger partial charge < -0.3 is 0 Å².